The molecule has 0 spiro atoms. The van der Waals surface area contributed by atoms with Gasteiger partial charge in [0.25, 0.3) is 0 Å². The summed E-state index contributed by atoms with van der Waals surface area (Å²) in [6.07, 6.45) is 1.40. The second kappa shape index (κ2) is 3.57. The molecule has 1 saturated heterocycles. The molecule has 0 saturated carbocycles. The summed E-state index contributed by atoms with van der Waals surface area (Å²) in [6.45, 7) is 3.91. The molecule has 0 radical (unpaired) electrons. The summed E-state index contributed by atoms with van der Waals surface area (Å²) >= 11 is 0. The van der Waals surface area contributed by atoms with Crippen molar-refractivity contribution in [1.29, 1.82) is 0 Å². The lowest BCUT2D eigenvalue weighted by atomic mass is 10.4. The van der Waals surface area contributed by atoms with Gasteiger partial charge in [-0.3, -0.25) is 4.90 Å². The van der Waals surface area contributed by atoms with Crippen LogP contribution in [0.25, 0.3) is 0 Å². The van der Waals surface area contributed by atoms with Crippen LogP contribution in [-0.4, -0.2) is 35.4 Å². The van der Waals surface area contributed by atoms with Crippen molar-refractivity contribution in [2.24, 2.45) is 0 Å². The SMILES string of the molecule is C[C@@H](NC(=O)O)N1CCCC1. The minimum absolute atomic E-state index is 0.0324. The van der Waals surface area contributed by atoms with Gasteiger partial charge in [-0.2, -0.15) is 0 Å². The summed E-state index contributed by atoms with van der Waals surface area (Å²) in [4.78, 5) is 12.4. The van der Waals surface area contributed by atoms with Gasteiger partial charge in [-0.05, 0) is 19.8 Å². The summed E-state index contributed by atoms with van der Waals surface area (Å²) in [5.74, 6) is 0. The van der Waals surface area contributed by atoms with Crippen LogP contribution < -0.4 is 5.32 Å². The fraction of sp³-hybridized carbons (Fsp3) is 0.857. The first-order valence-electron chi connectivity index (χ1n) is 3.93. The molecule has 1 heterocycles. The Morgan fingerprint density at radius 2 is 2.09 bits per heavy atom. The van der Waals surface area contributed by atoms with Crippen molar-refractivity contribution >= 4 is 6.09 Å². The van der Waals surface area contributed by atoms with Crippen molar-refractivity contribution < 1.29 is 9.90 Å². The van der Waals surface area contributed by atoms with E-state index < -0.39 is 6.09 Å². The summed E-state index contributed by atoms with van der Waals surface area (Å²) in [6, 6.07) is 0. The van der Waals surface area contributed by atoms with Crippen molar-refractivity contribution in [3.05, 3.63) is 0 Å². The Morgan fingerprint density at radius 1 is 1.55 bits per heavy atom. The highest BCUT2D eigenvalue weighted by Crippen LogP contribution is 2.09. The lowest BCUT2D eigenvalue weighted by molar-refractivity contribution is 0.164. The first kappa shape index (κ1) is 8.33. The molecular formula is C7H14N2O2. The molecule has 0 aliphatic carbocycles. The average molecular weight is 158 g/mol. The van der Waals surface area contributed by atoms with E-state index in [1.807, 2.05) is 6.92 Å². The van der Waals surface area contributed by atoms with E-state index in [4.69, 9.17) is 5.11 Å². The van der Waals surface area contributed by atoms with E-state index in [9.17, 15) is 4.79 Å². The fourth-order valence-electron chi connectivity index (χ4n) is 1.40. The molecule has 0 aromatic rings. The summed E-state index contributed by atoms with van der Waals surface area (Å²) in [5.41, 5.74) is 0. The van der Waals surface area contributed by atoms with E-state index in [1.54, 1.807) is 0 Å². The Morgan fingerprint density at radius 3 is 2.55 bits per heavy atom. The molecule has 4 nitrogen and oxygen atoms in total. The van der Waals surface area contributed by atoms with E-state index >= 15 is 0 Å². The van der Waals surface area contributed by atoms with Gasteiger partial charge < -0.3 is 10.4 Å². The molecule has 0 bridgehead atoms. The van der Waals surface area contributed by atoms with Crippen LogP contribution >= 0.6 is 0 Å². The fourth-order valence-corrected chi connectivity index (χ4v) is 1.40. The quantitative estimate of drug-likeness (QED) is 0.621. The molecule has 1 rings (SSSR count). The van der Waals surface area contributed by atoms with E-state index in [1.165, 1.54) is 12.8 Å². The Labute approximate surface area is 66.2 Å². The minimum Gasteiger partial charge on any atom is -0.465 e. The Hall–Kier alpha value is -0.770. The van der Waals surface area contributed by atoms with Crippen LogP contribution in [0, 0.1) is 0 Å². The van der Waals surface area contributed by atoms with Crippen LogP contribution in [0.15, 0.2) is 0 Å². The molecule has 0 unspecified atom stereocenters. The molecular weight excluding hydrogens is 144 g/mol. The van der Waals surface area contributed by atoms with Gasteiger partial charge in [0, 0.05) is 13.1 Å². The topological polar surface area (TPSA) is 52.6 Å². The molecule has 64 valence electrons. The van der Waals surface area contributed by atoms with Crippen molar-refractivity contribution in [1.82, 2.24) is 10.2 Å². The van der Waals surface area contributed by atoms with Gasteiger partial charge in [-0.25, -0.2) is 4.79 Å². The monoisotopic (exact) mass is 158 g/mol. The first-order valence-corrected chi connectivity index (χ1v) is 3.93. The van der Waals surface area contributed by atoms with Crippen LogP contribution in [0.1, 0.15) is 19.8 Å². The second-order valence-electron chi connectivity index (χ2n) is 2.87. The molecule has 1 fully saturated rings. The molecule has 0 aromatic carbocycles. The number of nitrogens with zero attached hydrogens (tertiary/aromatic N) is 1. The zero-order chi connectivity index (χ0) is 8.27. The molecule has 11 heavy (non-hydrogen) atoms. The molecule has 4 heteroatoms. The van der Waals surface area contributed by atoms with Crippen LogP contribution in [-0.2, 0) is 0 Å². The highest BCUT2D eigenvalue weighted by molar-refractivity contribution is 5.64. The number of amides is 1. The predicted octanol–water partition coefficient (Wildman–Crippen LogP) is 0.696. The Bertz CT molecular complexity index is 143. The van der Waals surface area contributed by atoms with Gasteiger partial charge in [0.15, 0.2) is 0 Å². The molecule has 0 aromatic heterocycles. The Balaban J connectivity index is 2.28. The van der Waals surface area contributed by atoms with E-state index in [-0.39, 0.29) is 6.17 Å². The van der Waals surface area contributed by atoms with Gasteiger partial charge in [0.05, 0.1) is 6.17 Å². The summed E-state index contributed by atoms with van der Waals surface area (Å²) in [5, 5.41) is 10.8. The van der Waals surface area contributed by atoms with E-state index in [2.05, 4.69) is 10.2 Å². The largest absolute Gasteiger partial charge is 0.465 e. The van der Waals surface area contributed by atoms with Crippen LogP contribution in [0.5, 0.6) is 0 Å². The molecule has 2 N–H and O–H groups in total. The predicted molar refractivity (Wildman–Crippen MR) is 41.4 cm³/mol. The number of hydrogen-bond donors (Lipinski definition) is 2. The Kier molecular flexibility index (Phi) is 2.70. The van der Waals surface area contributed by atoms with Gasteiger partial charge in [-0.1, -0.05) is 0 Å². The second-order valence-corrected chi connectivity index (χ2v) is 2.87. The molecule has 1 aliphatic rings. The van der Waals surface area contributed by atoms with Crippen molar-refractivity contribution in [3.63, 3.8) is 0 Å². The number of rotatable bonds is 2. The number of nitrogens with one attached hydrogen (secondary N) is 1. The number of hydrogen-bond acceptors (Lipinski definition) is 2. The molecule has 1 atom stereocenters. The summed E-state index contributed by atoms with van der Waals surface area (Å²) in [7, 11) is 0. The van der Waals surface area contributed by atoms with Crippen LogP contribution in [0.3, 0.4) is 0 Å². The van der Waals surface area contributed by atoms with Crippen LogP contribution in [0.4, 0.5) is 4.79 Å². The third kappa shape index (κ3) is 2.38. The maximum absolute atomic E-state index is 10.2. The first-order chi connectivity index (χ1) is 5.20. The van der Waals surface area contributed by atoms with Crippen molar-refractivity contribution in [2.45, 2.75) is 25.9 Å². The standard InChI is InChI=1S/C7H14N2O2/c1-6(8-7(10)11)9-4-2-3-5-9/h6,8H,2-5H2,1H3,(H,10,11)/t6-/m0/s1. The number of carboxylic acid groups (broad SMARTS) is 1. The maximum Gasteiger partial charge on any atom is 0.405 e. The molecule has 1 amide bonds. The van der Waals surface area contributed by atoms with Gasteiger partial charge in [0.1, 0.15) is 0 Å². The number of carbonyl (C=O) groups is 1. The molecule has 1 aliphatic heterocycles. The van der Waals surface area contributed by atoms with Gasteiger partial charge >= 0.3 is 6.09 Å². The third-order valence-corrected chi connectivity index (χ3v) is 2.02. The third-order valence-electron chi connectivity index (χ3n) is 2.02. The normalized spacial score (nSPS) is 21.5. The minimum atomic E-state index is -0.940. The number of likely N-dealkylation sites (tertiary alicyclic amines) is 1. The zero-order valence-corrected chi connectivity index (χ0v) is 6.71. The smallest absolute Gasteiger partial charge is 0.405 e. The average Bonchev–Trinajstić information content (AvgIpc) is 2.35. The van der Waals surface area contributed by atoms with Gasteiger partial charge in [0.2, 0.25) is 0 Å². The zero-order valence-electron chi connectivity index (χ0n) is 6.71. The van der Waals surface area contributed by atoms with Crippen LogP contribution in [0.2, 0.25) is 0 Å². The van der Waals surface area contributed by atoms with Gasteiger partial charge in [-0.15, -0.1) is 0 Å². The highest BCUT2D eigenvalue weighted by Gasteiger charge is 2.18. The maximum atomic E-state index is 10.2. The lowest BCUT2D eigenvalue weighted by Gasteiger charge is -2.22. The summed E-state index contributed by atoms with van der Waals surface area (Å²) < 4.78 is 0. The lowest BCUT2D eigenvalue weighted by Crippen LogP contribution is -2.44. The van der Waals surface area contributed by atoms with Crippen molar-refractivity contribution in [3.8, 4) is 0 Å². The van der Waals surface area contributed by atoms with Crippen molar-refractivity contribution in [2.75, 3.05) is 13.1 Å². The van der Waals surface area contributed by atoms with E-state index in [0.29, 0.717) is 0 Å². The highest BCUT2D eigenvalue weighted by atomic mass is 16.4. The van der Waals surface area contributed by atoms with E-state index in [0.717, 1.165) is 13.1 Å².